The van der Waals surface area contributed by atoms with Gasteiger partial charge in [0.2, 0.25) is 0 Å². The van der Waals surface area contributed by atoms with Crippen LogP contribution in [0.3, 0.4) is 0 Å². The maximum atomic E-state index is 5.70. The van der Waals surface area contributed by atoms with E-state index in [4.69, 9.17) is 10.5 Å². The van der Waals surface area contributed by atoms with Crippen LogP contribution in [0.5, 0.6) is 5.75 Å². The third-order valence-corrected chi connectivity index (χ3v) is 2.37. The Balaban J connectivity index is 2.04. The number of hydrogen-bond donors (Lipinski definition) is 1. The molecule has 0 aromatic heterocycles. The van der Waals surface area contributed by atoms with Gasteiger partial charge in [0.15, 0.2) is 0 Å². The minimum absolute atomic E-state index is 0.537. The van der Waals surface area contributed by atoms with E-state index in [9.17, 15) is 0 Å². The van der Waals surface area contributed by atoms with Crippen molar-refractivity contribution in [1.29, 1.82) is 0 Å². The van der Waals surface area contributed by atoms with Gasteiger partial charge in [-0.2, -0.15) is 0 Å². The Morgan fingerprint density at radius 1 is 1.11 bits per heavy atom. The third-order valence-electron chi connectivity index (χ3n) is 2.37. The van der Waals surface area contributed by atoms with Crippen LogP contribution in [0.25, 0.3) is 0 Å². The maximum absolute atomic E-state index is 5.70. The predicted octanol–water partition coefficient (Wildman–Crippen LogP) is 3.27. The van der Waals surface area contributed by atoms with E-state index in [0.29, 0.717) is 12.4 Å². The van der Waals surface area contributed by atoms with Gasteiger partial charge in [-0.15, -0.1) is 0 Å². The summed E-state index contributed by atoms with van der Waals surface area (Å²) in [6, 6.07) is 17.6. The number of rotatable bonds is 4. The van der Waals surface area contributed by atoms with E-state index in [1.165, 1.54) is 0 Å². The molecule has 0 amide bonds. The Morgan fingerprint density at radius 2 is 1.89 bits per heavy atom. The molecule has 92 valence electrons. The van der Waals surface area contributed by atoms with Crippen LogP contribution in [-0.2, 0) is 6.61 Å². The van der Waals surface area contributed by atoms with Gasteiger partial charge in [-0.3, -0.25) is 0 Å². The molecule has 2 N–H and O–H groups in total. The summed E-state index contributed by atoms with van der Waals surface area (Å²) in [5, 5.41) is 0. The molecule has 2 aromatic rings. The molecule has 0 atom stereocenters. The van der Waals surface area contributed by atoms with Crippen LogP contribution in [-0.4, -0.2) is 5.84 Å². The quantitative estimate of drug-likeness (QED) is 0.658. The van der Waals surface area contributed by atoms with E-state index >= 15 is 0 Å². The van der Waals surface area contributed by atoms with Crippen molar-refractivity contribution in [3.05, 3.63) is 60.2 Å². The lowest BCUT2D eigenvalue weighted by atomic mass is 10.2. The zero-order chi connectivity index (χ0) is 12.8. The summed E-state index contributed by atoms with van der Waals surface area (Å²) in [6.07, 6.45) is 0. The number of aliphatic imine (C=N–C) groups is 1. The molecular formula is C15H16N2O. The first-order valence-electron chi connectivity index (χ1n) is 5.81. The highest BCUT2D eigenvalue weighted by Gasteiger charge is 1.97. The number of nitrogens with two attached hydrogens (primary N) is 1. The highest BCUT2D eigenvalue weighted by molar-refractivity contribution is 5.80. The summed E-state index contributed by atoms with van der Waals surface area (Å²) >= 11 is 0. The Labute approximate surface area is 107 Å². The first kappa shape index (κ1) is 12.2. The zero-order valence-corrected chi connectivity index (χ0v) is 10.3. The van der Waals surface area contributed by atoms with Crippen molar-refractivity contribution < 1.29 is 4.74 Å². The molecule has 2 rings (SSSR count). The van der Waals surface area contributed by atoms with Crippen LogP contribution in [0.15, 0.2) is 59.6 Å². The lowest BCUT2D eigenvalue weighted by molar-refractivity contribution is 0.306. The molecule has 0 aliphatic carbocycles. The predicted molar refractivity (Wildman–Crippen MR) is 74.2 cm³/mol. The Hall–Kier alpha value is -2.29. The lowest BCUT2D eigenvalue weighted by Crippen LogP contribution is -2.03. The molecular weight excluding hydrogens is 224 g/mol. The first-order valence-corrected chi connectivity index (χ1v) is 5.81. The smallest absolute Gasteiger partial charge is 0.121 e. The molecule has 3 nitrogen and oxygen atoms in total. The minimum Gasteiger partial charge on any atom is -0.489 e. The second kappa shape index (κ2) is 5.87. The van der Waals surface area contributed by atoms with Gasteiger partial charge in [0, 0.05) is 6.07 Å². The molecule has 0 saturated heterocycles. The number of amidine groups is 1. The third kappa shape index (κ3) is 3.63. The molecule has 0 fully saturated rings. The summed E-state index contributed by atoms with van der Waals surface area (Å²) in [6.45, 7) is 2.31. The number of nitrogens with zero attached hydrogens (tertiary/aromatic N) is 1. The monoisotopic (exact) mass is 240 g/mol. The summed E-state index contributed by atoms with van der Waals surface area (Å²) < 4.78 is 5.70. The zero-order valence-electron chi connectivity index (χ0n) is 10.3. The highest BCUT2D eigenvalue weighted by atomic mass is 16.5. The molecule has 3 heteroatoms. The van der Waals surface area contributed by atoms with Crippen molar-refractivity contribution in [1.82, 2.24) is 0 Å². The molecule has 0 aliphatic heterocycles. The van der Waals surface area contributed by atoms with Crippen molar-refractivity contribution in [2.45, 2.75) is 13.5 Å². The lowest BCUT2D eigenvalue weighted by Gasteiger charge is -2.06. The van der Waals surface area contributed by atoms with Gasteiger partial charge in [-0.25, -0.2) is 4.99 Å². The largest absolute Gasteiger partial charge is 0.489 e. The van der Waals surface area contributed by atoms with E-state index in [-0.39, 0.29) is 0 Å². The van der Waals surface area contributed by atoms with Crippen LogP contribution in [0.2, 0.25) is 0 Å². The van der Waals surface area contributed by atoms with Crippen LogP contribution < -0.4 is 10.5 Å². The molecule has 18 heavy (non-hydrogen) atoms. The average Bonchev–Trinajstić information content (AvgIpc) is 2.37. The standard InChI is InChI=1S/C15H16N2O/c1-12(16)17-14-8-5-9-15(10-14)18-11-13-6-3-2-4-7-13/h2-10H,11H2,1H3,(H2,16,17). The highest BCUT2D eigenvalue weighted by Crippen LogP contribution is 2.20. The van der Waals surface area contributed by atoms with Gasteiger partial charge in [-0.05, 0) is 24.6 Å². The molecule has 0 bridgehead atoms. The number of ether oxygens (including phenoxy) is 1. The number of benzene rings is 2. The van der Waals surface area contributed by atoms with Crippen molar-refractivity contribution >= 4 is 11.5 Å². The SMILES string of the molecule is CC(N)=Nc1cccc(OCc2ccccc2)c1. The van der Waals surface area contributed by atoms with Crippen LogP contribution in [0.1, 0.15) is 12.5 Å². The van der Waals surface area contributed by atoms with Crippen LogP contribution in [0.4, 0.5) is 5.69 Å². The fourth-order valence-electron chi connectivity index (χ4n) is 1.59. The summed E-state index contributed by atoms with van der Waals surface area (Å²) in [4.78, 5) is 4.19. The van der Waals surface area contributed by atoms with E-state index in [0.717, 1.165) is 17.0 Å². The average molecular weight is 240 g/mol. The second-order valence-corrected chi connectivity index (χ2v) is 4.02. The van der Waals surface area contributed by atoms with Gasteiger partial charge in [0.25, 0.3) is 0 Å². The van der Waals surface area contributed by atoms with Gasteiger partial charge in [-0.1, -0.05) is 36.4 Å². The topological polar surface area (TPSA) is 47.6 Å². The van der Waals surface area contributed by atoms with Crippen LogP contribution in [0, 0.1) is 0 Å². The van der Waals surface area contributed by atoms with Crippen molar-refractivity contribution in [2.75, 3.05) is 0 Å². The van der Waals surface area contributed by atoms with E-state index in [1.807, 2.05) is 54.6 Å². The molecule has 0 unspecified atom stereocenters. The maximum Gasteiger partial charge on any atom is 0.121 e. The number of hydrogen-bond acceptors (Lipinski definition) is 2. The van der Waals surface area contributed by atoms with Gasteiger partial charge < -0.3 is 10.5 Å². The second-order valence-electron chi connectivity index (χ2n) is 4.02. The summed E-state index contributed by atoms with van der Waals surface area (Å²) in [5.74, 6) is 1.33. The molecule has 0 heterocycles. The van der Waals surface area contributed by atoms with Crippen molar-refractivity contribution in [3.63, 3.8) is 0 Å². The van der Waals surface area contributed by atoms with Gasteiger partial charge in [0.1, 0.15) is 12.4 Å². The molecule has 0 radical (unpaired) electrons. The molecule has 0 saturated carbocycles. The first-order chi connectivity index (χ1) is 8.74. The fourth-order valence-corrected chi connectivity index (χ4v) is 1.59. The summed E-state index contributed by atoms with van der Waals surface area (Å²) in [5.41, 5.74) is 7.49. The Kier molecular flexibility index (Phi) is 3.97. The van der Waals surface area contributed by atoms with Crippen LogP contribution >= 0.6 is 0 Å². The molecule has 0 spiro atoms. The van der Waals surface area contributed by atoms with E-state index < -0.39 is 0 Å². The normalized spacial score (nSPS) is 11.3. The minimum atomic E-state index is 0.537. The van der Waals surface area contributed by atoms with Crippen molar-refractivity contribution in [2.24, 2.45) is 10.7 Å². The van der Waals surface area contributed by atoms with E-state index in [2.05, 4.69) is 4.99 Å². The molecule has 0 aliphatic rings. The summed E-state index contributed by atoms with van der Waals surface area (Å²) in [7, 11) is 0. The molecule has 2 aromatic carbocycles. The van der Waals surface area contributed by atoms with Gasteiger partial charge in [0.05, 0.1) is 11.5 Å². The fraction of sp³-hybridized carbons (Fsp3) is 0.133. The van der Waals surface area contributed by atoms with E-state index in [1.54, 1.807) is 6.92 Å². The Morgan fingerprint density at radius 3 is 2.61 bits per heavy atom. The Bertz CT molecular complexity index is 531. The van der Waals surface area contributed by atoms with Gasteiger partial charge >= 0.3 is 0 Å². The van der Waals surface area contributed by atoms with Crippen molar-refractivity contribution in [3.8, 4) is 5.75 Å².